The van der Waals surface area contributed by atoms with Crippen molar-refractivity contribution in [2.75, 3.05) is 24.8 Å². The highest BCUT2D eigenvalue weighted by atomic mass is 35.5. The first kappa shape index (κ1) is 26.9. The number of dihydropyridines is 1. The average Bonchev–Trinajstić information content (AvgIpc) is 3.46. The Bertz CT molecular complexity index is 1430. The Hall–Kier alpha value is -4.13. The third-order valence-corrected chi connectivity index (χ3v) is 6.87. The molecule has 0 bridgehead atoms. The fraction of sp³-hybridized carbons (Fsp3) is 0.179. The molecule has 1 aliphatic rings. The first-order valence-electron chi connectivity index (χ1n) is 11.6. The number of allylic oxidation sites excluding steroid dienone is 1. The lowest BCUT2D eigenvalue weighted by Gasteiger charge is -2.29. The number of hydrogen-bond acceptors (Lipinski definition) is 8. The Morgan fingerprint density at radius 2 is 1.97 bits per heavy atom. The smallest absolute Gasteiger partial charge is 0.337 e. The molecule has 2 heterocycles. The van der Waals surface area contributed by atoms with Gasteiger partial charge in [-0.3, -0.25) is 4.79 Å². The molecule has 1 unspecified atom stereocenters. The minimum atomic E-state index is -0.830. The number of thioether (sulfide) groups is 1. The van der Waals surface area contributed by atoms with Gasteiger partial charge in [0.1, 0.15) is 11.5 Å². The number of nitrogens with zero attached hydrogens (tertiary/aromatic N) is 1. The summed E-state index contributed by atoms with van der Waals surface area (Å²) in [4.78, 5) is 26.1. The van der Waals surface area contributed by atoms with Gasteiger partial charge in [-0.15, -0.1) is 0 Å². The fourth-order valence-corrected chi connectivity index (χ4v) is 5.01. The van der Waals surface area contributed by atoms with Crippen molar-refractivity contribution in [2.45, 2.75) is 12.8 Å². The average molecular weight is 550 g/mol. The largest absolute Gasteiger partial charge is 0.495 e. The molecule has 2 N–H and O–H groups in total. The monoisotopic (exact) mass is 549 g/mol. The van der Waals surface area contributed by atoms with Crippen LogP contribution in [0, 0.1) is 11.3 Å². The van der Waals surface area contributed by atoms with E-state index in [1.54, 1.807) is 37.3 Å². The maximum Gasteiger partial charge on any atom is 0.337 e. The molecule has 38 heavy (non-hydrogen) atoms. The second kappa shape index (κ2) is 12.4. The second-order valence-corrected chi connectivity index (χ2v) is 9.41. The number of furan rings is 1. The Balaban J connectivity index is 1.70. The van der Waals surface area contributed by atoms with Gasteiger partial charge in [-0.25, -0.2) is 4.79 Å². The molecule has 0 fully saturated rings. The molecular formula is C28H24ClN3O5S. The summed E-state index contributed by atoms with van der Waals surface area (Å²) in [7, 11) is 1.50. The quantitative estimate of drug-likeness (QED) is 0.326. The fourth-order valence-electron chi connectivity index (χ4n) is 4.00. The third kappa shape index (κ3) is 5.88. The zero-order valence-corrected chi connectivity index (χ0v) is 22.2. The van der Waals surface area contributed by atoms with Crippen molar-refractivity contribution >= 4 is 46.6 Å². The van der Waals surface area contributed by atoms with Crippen LogP contribution in [0.1, 0.15) is 24.2 Å². The first-order chi connectivity index (χ1) is 18.5. The highest BCUT2D eigenvalue weighted by Gasteiger charge is 2.39. The lowest BCUT2D eigenvalue weighted by molar-refractivity contribution is -0.138. The number of hydrogen-bond donors (Lipinski definition) is 2. The van der Waals surface area contributed by atoms with Crippen LogP contribution in [0.2, 0.25) is 5.02 Å². The van der Waals surface area contributed by atoms with Crippen LogP contribution in [-0.4, -0.2) is 31.3 Å². The number of carbonyl (C=O) groups is 2. The van der Waals surface area contributed by atoms with Crippen LogP contribution in [0.15, 0.2) is 87.5 Å². The molecule has 4 rings (SSSR count). The van der Waals surface area contributed by atoms with Gasteiger partial charge in [0.2, 0.25) is 5.91 Å². The molecule has 2 aromatic carbocycles. The summed E-state index contributed by atoms with van der Waals surface area (Å²) in [6.07, 6.45) is 1.48. The normalized spacial score (nSPS) is 14.9. The number of rotatable bonds is 9. The van der Waals surface area contributed by atoms with Gasteiger partial charge in [0.25, 0.3) is 0 Å². The molecule has 1 aliphatic heterocycles. The predicted octanol–water partition coefficient (Wildman–Crippen LogP) is 5.71. The summed E-state index contributed by atoms with van der Waals surface area (Å²) in [6.45, 7) is 1.88. The Kier molecular flexibility index (Phi) is 8.79. The molecule has 1 aromatic heterocycles. The van der Waals surface area contributed by atoms with Gasteiger partial charge in [-0.2, -0.15) is 5.26 Å². The molecule has 1 atom stereocenters. The molecule has 1 amide bonds. The summed E-state index contributed by atoms with van der Waals surface area (Å²) in [5, 5.41) is 17.1. The standard InChI is InChI=1S/C28H24ClN3O5S/c1-3-36-28(34)25-24(22-10-7-13-37-22)19(15-30)27(32-26(25)17-8-5-4-6-9-17)38-16-23(33)31-20-14-18(29)11-12-21(20)35-2/h4-14,24,32H,3,16H2,1-2H3,(H,31,33). The minimum absolute atomic E-state index is 0.0368. The van der Waals surface area contributed by atoms with Gasteiger partial charge < -0.3 is 24.5 Å². The van der Waals surface area contributed by atoms with E-state index in [0.29, 0.717) is 32.9 Å². The lowest BCUT2D eigenvalue weighted by atomic mass is 9.84. The van der Waals surface area contributed by atoms with Gasteiger partial charge in [0.05, 0.1) is 65.3 Å². The van der Waals surface area contributed by atoms with E-state index in [0.717, 1.165) is 17.3 Å². The number of carbonyl (C=O) groups excluding carboxylic acids is 2. The van der Waals surface area contributed by atoms with Crippen LogP contribution in [0.25, 0.3) is 5.70 Å². The second-order valence-electron chi connectivity index (χ2n) is 7.98. The number of nitriles is 1. The minimum Gasteiger partial charge on any atom is -0.495 e. The number of anilines is 1. The van der Waals surface area contributed by atoms with Crippen molar-refractivity contribution in [2.24, 2.45) is 0 Å². The van der Waals surface area contributed by atoms with E-state index in [4.69, 9.17) is 25.5 Å². The number of amides is 1. The van der Waals surface area contributed by atoms with Crippen molar-refractivity contribution in [1.82, 2.24) is 5.32 Å². The molecule has 0 radical (unpaired) electrons. The van der Waals surface area contributed by atoms with Crippen LogP contribution in [0.3, 0.4) is 0 Å². The van der Waals surface area contributed by atoms with Crippen molar-refractivity contribution in [3.63, 3.8) is 0 Å². The van der Waals surface area contributed by atoms with E-state index < -0.39 is 11.9 Å². The van der Waals surface area contributed by atoms with Crippen LogP contribution in [0.4, 0.5) is 5.69 Å². The van der Waals surface area contributed by atoms with Crippen molar-refractivity contribution in [1.29, 1.82) is 5.26 Å². The van der Waals surface area contributed by atoms with Crippen LogP contribution in [-0.2, 0) is 14.3 Å². The Morgan fingerprint density at radius 1 is 1.18 bits per heavy atom. The summed E-state index contributed by atoms with van der Waals surface area (Å²) < 4.78 is 16.3. The van der Waals surface area contributed by atoms with E-state index in [9.17, 15) is 14.9 Å². The highest BCUT2D eigenvalue weighted by molar-refractivity contribution is 8.03. The Morgan fingerprint density at radius 3 is 2.63 bits per heavy atom. The van der Waals surface area contributed by atoms with Gasteiger partial charge in [-0.05, 0) is 42.8 Å². The van der Waals surface area contributed by atoms with E-state index in [-0.39, 0.29) is 29.4 Å². The molecule has 10 heteroatoms. The van der Waals surface area contributed by atoms with Crippen LogP contribution in [0.5, 0.6) is 5.75 Å². The summed E-state index contributed by atoms with van der Waals surface area (Å²) in [5.74, 6) is -0.896. The number of benzene rings is 2. The first-order valence-corrected chi connectivity index (χ1v) is 13.0. The number of ether oxygens (including phenoxy) is 2. The van der Waals surface area contributed by atoms with Gasteiger partial charge >= 0.3 is 5.97 Å². The molecule has 0 saturated carbocycles. The van der Waals surface area contributed by atoms with Crippen molar-refractivity contribution in [3.05, 3.63) is 99.4 Å². The highest BCUT2D eigenvalue weighted by Crippen LogP contribution is 2.43. The lowest BCUT2D eigenvalue weighted by Crippen LogP contribution is -2.29. The molecule has 0 spiro atoms. The zero-order chi connectivity index (χ0) is 27.1. The molecule has 0 aliphatic carbocycles. The number of halogens is 1. The van der Waals surface area contributed by atoms with E-state index in [1.807, 2.05) is 30.3 Å². The topological polar surface area (TPSA) is 114 Å². The Labute approximate surface area is 229 Å². The van der Waals surface area contributed by atoms with Crippen LogP contribution < -0.4 is 15.4 Å². The SMILES string of the molecule is CCOC(=O)C1=C(c2ccccc2)NC(SCC(=O)Nc2cc(Cl)ccc2OC)=C(C#N)C1c1ccco1. The molecule has 194 valence electrons. The maximum atomic E-state index is 13.2. The van der Waals surface area contributed by atoms with Gasteiger partial charge in [0.15, 0.2) is 0 Å². The van der Waals surface area contributed by atoms with E-state index in [2.05, 4.69) is 16.7 Å². The summed E-state index contributed by atoms with van der Waals surface area (Å²) >= 11 is 7.21. The summed E-state index contributed by atoms with van der Waals surface area (Å²) in [6, 6.07) is 19.8. The number of methoxy groups -OCH3 is 1. The third-order valence-electron chi connectivity index (χ3n) is 5.62. The molecular weight excluding hydrogens is 526 g/mol. The molecule has 3 aromatic rings. The number of nitrogens with one attached hydrogen (secondary N) is 2. The zero-order valence-electron chi connectivity index (χ0n) is 20.6. The maximum absolute atomic E-state index is 13.2. The predicted molar refractivity (Wildman–Crippen MR) is 146 cm³/mol. The van der Waals surface area contributed by atoms with E-state index in [1.165, 1.54) is 13.4 Å². The van der Waals surface area contributed by atoms with E-state index >= 15 is 0 Å². The van der Waals surface area contributed by atoms with Crippen molar-refractivity contribution in [3.8, 4) is 11.8 Å². The van der Waals surface area contributed by atoms with Crippen molar-refractivity contribution < 1.29 is 23.5 Å². The van der Waals surface area contributed by atoms with Gasteiger partial charge in [0, 0.05) is 5.02 Å². The molecule has 0 saturated heterocycles. The molecule has 8 nitrogen and oxygen atoms in total. The van der Waals surface area contributed by atoms with Crippen LogP contribution >= 0.6 is 23.4 Å². The number of esters is 1. The summed E-state index contributed by atoms with van der Waals surface area (Å²) in [5.41, 5.74) is 2.11. The van der Waals surface area contributed by atoms with Gasteiger partial charge in [-0.1, -0.05) is 53.7 Å².